The van der Waals surface area contributed by atoms with Crippen molar-refractivity contribution in [3.8, 4) is 0 Å². The fourth-order valence-electron chi connectivity index (χ4n) is 3.51. The van der Waals surface area contributed by atoms with Crippen LogP contribution in [0.25, 0.3) is 11.0 Å². The average Bonchev–Trinajstić information content (AvgIpc) is 3.17. The molecule has 0 N–H and O–H groups in total. The third-order valence-corrected chi connectivity index (χ3v) is 5.12. The fourth-order valence-corrected chi connectivity index (χ4v) is 3.68. The lowest BCUT2D eigenvalue weighted by molar-refractivity contribution is 0.0980. The topological polar surface area (TPSA) is 33.5 Å². The van der Waals surface area contributed by atoms with Crippen molar-refractivity contribution in [3.63, 3.8) is 0 Å². The zero-order valence-corrected chi connectivity index (χ0v) is 14.3. The largest absolute Gasteiger partial charge is 0.376 e. The van der Waals surface area contributed by atoms with E-state index < -0.39 is 0 Å². The van der Waals surface area contributed by atoms with Gasteiger partial charge in [0.25, 0.3) is 0 Å². The summed E-state index contributed by atoms with van der Waals surface area (Å²) < 4.78 is 8.18. The molecule has 124 valence electrons. The van der Waals surface area contributed by atoms with Crippen molar-refractivity contribution < 1.29 is 4.74 Å². The van der Waals surface area contributed by atoms with E-state index in [1.165, 1.54) is 0 Å². The number of nitrogens with zero attached hydrogens (tertiary/aromatic N) is 4. The van der Waals surface area contributed by atoms with E-state index >= 15 is 0 Å². The lowest BCUT2D eigenvalue weighted by Crippen LogP contribution is -2.45. The number of likely N-dealkylation sites (N-methyl/N-ethyl adjacent to an activating group) is 1. The summed E-state index contributed by atoms with van der Waals surface area (Å²) in [4.78, 5) is 9.65. The minimum absolute atomic E-state index is 0.300. The predicted molar refractivity (Wildman–Crippen MR) is 93.4 cm³/mol. The summed E-state index contributed by atoms with van der Waals surface area (Å²) in [5, 5.41) is 0.740. The highest BCUT2D eigenvalue weighted by atomic mass is 35.5. The second kappa shape index (κ2) is 6.30. The number of piperazine rings is 1. The van der Waals surface area contributed by atoms with Gasteiger partial charge in [0.15, 0.2) is 0 Å². The quantitative estimate of drug-likeness (QED) is 0.864. The SMILES string of the molecule is CN1CCN(c2nc3cc(Cl)ccc3n2CC2CCCO2)CC1. The second-order valence-electron chi connectivity index (χ2n) is 6.58. The van der Waals surface area contributed by atoms with Gasteiger partial charge < -0.3 is 19.1 Å². The Balaban J connectivity index is 1.71. The molecule has 6 heteroatoms. The third-order valence-electron chi connectivity index (χ3n) is 4.89. The number of benzene rings is 1. The molecule has 2 aliphatic heterocycles. The van der Waals surface area contributed by atoms with E-state index in [0.717, 1.165) is 74.2 Å². The summed E-state index contributed by atoms with van der Waals surface area (Å²) in [6.45, 7) is 5.93. The molecule has 1 aromatic heterocycles. The van der Waals surface area contributed by atoms with Gasteiger partial charge in [0, 0.05) is 37.8 Å². The van der Waals surface area contributed by atoms with E-state index in [-0.39, 0.29) is 0 Å². The molecule has 0 saturated carbocycles. The molecular formula is C17H23ClN4O. The van der Waals surface area contributed by atoms with Crippen LogP contribution in [-0.2, 0) is 11.3 Å². The van der Waals surface area contributed by atoms with Gasteiger partial charge in [0.1, 0.15) is 0 Å². The van der Waals surface area contributed by atoms with E-state index in [1.54, 1.807) is 0 Å². The first-order valence-corrected chi connectivity index (χ1v) is 8.79. The fraction of sp³-hybridized carbons (Fsp3) is 0.588. The maximum atomic E-state index is 6.16. The van der Waals surface area contributed by atoms with Gasteiger partial charge in [-0.25, -0.2) is 4.98 Å². The minimum atomic E-state index is 0.300. The number of hydrogen-bond acceptors (Lipinski definition) is 4. The summed E-state index contributed by atoms with van der Waals surface area (Å²) in [7, 11) is 2.17. The number of imidazole rings is 1. The van der Waals surface area contributed by atoms with Crippen LogP contribution in [-0.4, -0.2) is 60.4 Å². The van der Waals surface area contributed by atoms with E-state index in [1.807, 2.05) is 12.1 Å². The van der Waals surface area contributed by atoms with E-state index in [9.17, 15) is 0 Å². The zero-order valence-electron chi connectivity index (χ0n) is 13.5. The molecule has 1 atom stereocenters. The Bertz CT molecular complexity index is 687. The molecule has 1 unspecified atom stereocenters. The number of rotatable bonds is 3. The molecule has 2 aromatic rings. The van der Waals surface area contributed by atoms with Crippen LogP contribution < -0.4 is 4.90 Å². The molecule has 2 saturated heterocycles. The van der Waals surface area contributed by atoms with Crippen molar-refractivity contribution in [3.05, 3.63) is 23.2 Å². The van der Waals surface area contributed by atoms with Gasteiger partial charge in [0.05, 0.1) is 23.7 Å². The van der Waals surface area contributed by atoms with Crippen LogP contribution in [0, 0.1) is 0 Å². The predicted octanol–water partition coefficient (Wildman–Crippen LogP) is 2.62. The van der Waals surface area contributed by atoms with Gasteiger partial charge in [0.2, 0.25) is 5.95 Å². The lowest BCUT2D eigenvalue weighted by atomic mass is 10.2. The average molecular weight is 335 g/mol. The number of ether oxygens (including phenoxy) is 1. The number of aromatic nitrogens is 2. The molecule has 0 bridgehead atoms. The molecule has 1 aromatic carbocycles. The Morgan fingerprint density at radius 2 is 2.09 bits per heavy atom. The van der Waals surface area contributed by atoms with Gasteiger partial charge in [-0.3, -0.25) is 0 Å². The number of hydrogen-bond donors (Lipinski definition) is 0. The molecule has 5 nitrogen and oxygen atoms in total. The molecule has 2 aliphatic rings. The van der Waals surface area contributed by atoms with Gasteiger partial charge >= 0.3 is 0 Å². The molecule has 2 fully saturated rings. The van der Waals surface area contributed by atoms with Crippen LogP contribution in [0.5, 0.6) is 0 Å². The normalized spacial score (nSPS) is 23.0. The molecule has 0 aliphatic carbocycles. The summed E-state index contributed by atoms with van der Waals surface area (Å²) in [5.41, 5.74) is 2.13. The first kappa shape index (κ1) is 15.2. The monoisotopic (exact) mass is 334 g/mol. The van der Waals surface area contributed by atoms with E-state index in [2.05, 4.69) is 27.5 Å². The maximum absolute atomic E-state index is 6.16. The highest BCUT2D eigenvalue weighted by Crippen LogP contribution is 2.28. The summed E-state index contributed by atoms with van der Waals surface area (Å²) in [6, 6.07) is 5.99. The van der Waals surface area contributed by atoms with E-state index in [0.29, 0.717) is 6.10 Å². The Morgan fingerprint density at radius 1 is 1.26 bits per heavy atom. The number of halogens is 1. The molecule has 23 heavy (non-hydrogen) atoms. The number of anilines is 1. The highest BCUT2D eigenvalue weighted by molar-refractivity contribution is 6.31. The van der Waals surface area contributed by atoms with Crippen molar-refractivity contribution in [2.45, 2.75) is 25.5 Å². The van der Waals surface area contributed by atoms with Crippen LogP contribution in [0.2, 0.25) is 5.02 Å². The van der Waals surface area contributed by atoms with Crippen LogP contribution in [0.15, 0.2) is 18.2 Å². The molecule has 4 rings (SSSR count). The first-order chi connectivity index (χ1) is 11.2. The Kier molecular flexibility index (Phi) is 4.18. The Hall–Kier alpha value is -1.30. The highest BCUT2D eigenvalue weighted by Gasteiger charge is 2.24. The first-order valence-electron chi connectivity index (χ1n) is 8.41. The van der Waals surface area contributed by atoms with Gasteiger partial charge in [-0.15, -0.1) is 0 Å². The molecule has 0 spiro atoms. The van der Waals surface area contributed by atoms with Gasteiger partial charge in [-0.2, -0.15) is 0 Å². The van der Waals surface area contributed by atoms with Crippen molar-refractivity contribution >= 4 is 28.6 Å². The van der Waals surface area contributed by atoms with Crippen molar-refractivity contribution in [2.24, 2.45) is 0 Å². The molecule has 0 amide bonds. The van der Waals surface area contributed by atoms with Crippen molar-refractivity contribution in [1.29, 1.82) is 0 Å². The van der Waals surface area contributed by atoms with Crippen molar-refractivity contribution in [1.82, 2.24) is 14.5 Å². The Labute approximate surface area is 141 Å². The lowest BCUT2D eigenvalue weighted by Gasteiger charge is -2.33. The minimum Gasteiger partial charge on any atom is -0.376 e. The van der Waals surface area contributed by atoms with Gasteiger partial charge in [-0.1, -0.05) is 11.6 Å². The van der Waals surface area contributed by atoms with Crippen LogP contribution in [0.1, 0.15) is 12.8 Å². The Morgan fingerprint density at radius 3 is 2.83 bits per heavy atom. The molecule has 3 heterocycles. The molecular weight excluding hydrogens is 312 g/mol. The van der Waals surface area contributed by atoms with Crippen LogP contribution in [0.4, 0.5) is 5.95 Å². The zero-order chi connectivity index (χ0) is 15.8. The van der Waals surface area contributed by atoms with Crippen molar-refractivity contribution in [2.75, 3.05) is 44.7 Å². The smallest absolute Gasteiger partial charge is 0.206 e. The molecule has 0 radical (unpaired) electrons. The number of fused-ring (bicyclic) bond motifs is 1. The van der Waals surface area contributed by atoms with Crippen LogP contribution >= 0.6 is 11.6 Å². The summed E-state index contributed by atoms with van der Waals surface area (Å²) in [6.07, 6.45) is 2.59. The standard InChI is InChI=1S/C17H23ClN4O/c1-20-6-8-21(9-7-20)17-19-15-11-13(18)4-5-16(15)22(17)12-14-3-2-10-23-14/h4-5,11,14H,2-3,6-10,12H2,1H3. The summed E-state index contributed by atoms with van der Waals surface area (Å²) in [5.74, 6) is 1.06. The van der Waals surface area contributed by atoms with E-state index in [4.69, 9.17) is 21.3 Å². The van der Waals surface area contributed by atoms with Gasteiger partial charge in [-0.05, 0) is 38.1 Å². The second-order valence-corrected chi connectivity index (χ2v) is 7.02. The third kappa shape index (κ3) is 3.05. The summed E-state index contributed by atoms with van der Waals surface area (Å²) >= 11 is 6.16. The maximum Gasteiger partial charge on any atom is 0.206 e. The van der Waals surface area contributed by atoms with Crippen LogP contribution in [0.3, 0.4) is 0 Å².